The van der Waals surface area contributed by atoms with Crippen molar-refractivity contribution in [1.82, 2.24) is 15.1 Å². The molecule has 1 unspecified atom stereocenters. The van der Waals surface area contributed by atoms with Crippen molar-refractivity contribution in [3.8, 4) is 5.69 Å². The zero-order chi connectivity index (χ0) is 18.0. The highest BCUT2D eigenvalue weighted by atomic mass is 32.2. The molecule has 2 N–H and O–H groups in total. The van der Waals surface area contributed by atoms with Crippen LogP contribution in [-0.4, -0.2) is 46.7 Å². The van der Waals surface area contributed by atoms with Crippen molar-refractivity contribution in [3.63, 3.8) is 0 Å². The van der Waals surface area contributed by atoms with Crippen LogP contribution in [0.5, 0.6) is 0 Å². The lowest BCUT2D eigenvalue weighted by Crippen LogP contribution is -2.30. The van der Waals surface area contributed by atoms with E-state index in [1.54, 1.807) is 24.4 Å². The Labute approximate surface area is 144 Å². The lowest BCUT2D eigenvalue weighted by atomic mass is 10.1. The van der Waals surface area contributed by atoms with Gasteiger partial charge >= 0.3 is 5.97 Å². The second-order valence-corrected chi connectivity index (χ2v) is 8.17. The Morgan fingerprint density at radius 2 is 2.12 bits per heavy atom. The van der Waals surface area contributed by atoms with Crippen molar-refractivity contribution < 1.29 is 23.1 Å². The molecule has 0 spiro atoms. The second-order valence-electron chi connectivity index (χ2n) is 5.94. The minimum atomic E-state index is -3.09. The van der Waals surface area contributed by atoms with Gasteiger partial charge in [0.2, 0.25) is 5.91 Å². The molecule has 2 heterocycles. The summed E-state index contributed by atoms with van der Waals surface area (Å²) in [4.78, 5) is 23.0. The van der Waals surface area contributed by atoms with E-state index < -0.39 is 21.7 Å². The van der Waals surface area contributed by atoms with E-state index >= 15 is 0 Å². The number of amides is 1. The van der Waals surface area contributed by atoms with Crippen molar-refractivity contribution in [1.29, 1.82) is 0 Å². The van der Waals surface area contributed by atoms with Crippen LogP contribution < -0.4 is 5.32 Å². The van der Waals surface area contributed by atoms with E-state index in [9.17, 15) is 18.0 Å². The number of nitrogens with one attached hydrogen (secondary N) is 1. The Balaban J connectivity index is 1.65. The Kier molecular flexibility index (Phi) is 4.58. The van der Waals surface area contributed by atoms with E-state index in [0.29, 0.717) is 12.1 Å². The summed E-state index contributed by atoms with van der Waals surface area (Å²) < 4.78 is 24.3. The van der Waals surface area contributed by atoms with Crippen molar-refractivity contribution in [2.75, 3.05) is 11.5 Å². The number of carbonyl (C=O) groups excluding carboxylic acids is 1. The molecule has 2 aromatic rings. The summed E-state index contributed by atoms with van der Waals surface area (Å²) in [5.74, 6) is -1.89. The molecule has 0 aliphatic carbocycles. The molecule has 25 heavy (non-hydrogen) atoms. The van der Waals surface area contributed by atoms with Crippen LogP contribution in [-0.2, 0) is 21.2 Å². The normalized spacial score (nSPS) is 18.8. The second kappa shape index (κ2) is 6.67. The Hall–Kier alpha value is -2.68. The molecule has 1 aliphatic heterocycles. The third-order valence-corrected chi connectivity index (χ3v) is 5.82. The number of aromatic nitrogens is 2. The minimum Gasteiger partial charge on any atom is -0.476 e. The smallest absolute Gasteiger partial charge is 0.356 e. The van der Waals surface area contributed by atoms with Crippen molar-refractivity contribution in [2.24, 2.45) is 5.92 Å². The molecule has 0 radical (unpaired) electrons. The number of sulfone groups is 1. The summed E-state index contributed by atoms with van der Waals surface area (Å²) in [6, 6.07) is 8.55. The number of aromatic carboxylic acids is 1. The molecular weight excluding hydrogens is 346 g/mol. The maximum Gasteiger partial charge on any atom is 0.356 e. The maximum absolute atomic E-state index is 12.1. The number of nitrogens with zero attached hydrogens (tertiary/aromatic N) is 2. The summed E-state index contributed by atoms with van der Waals surface area (Å²) in [7, 11) is -3.09. The first-order chi connectivity index (χ1) is 11.8. The highest BCUT2D eigenvalue weighted by molar-refractivity contribution is 7.91. The molecular formula is C16H17N3O5S. The van der Waals surface area contributed by atoms with Gasteiger partial charge in [-0.1, -0.05) is 12.1 Å². The van der Waals surface area contributed by atoms with Crippen molar-refractivity contribution >= 4 is 21.7 Å². The minimum absolute atomic E-state index is 0.0545. The average molecular weight is 363 g/mol. The largest absolute Gasteiger partial charge is 0.476 e. The summed E-state index contributed by atoms with van der Waals surface area (Å²) in [6.45, 7) is 0.260. The van der Waals surface area contributed by atoms with Crippen LogP contribution in [0.1, 0.15) is 22.5 Å². The average Bonchev–Trinajstić information content (AvgIpc) is 3.19. The van der Waals surface area contributed by atoms with Gasteiger partial charge in [0, 0.05) is 12.7 Å². The van der Waals surface area contributed by atoms with E-state index in [1.165, 1.54) is 10.7 Å². The maximum atomic E-state index is 12.1. The fraction of sp³-hybridized carbons (Fsp3) is 0.312. The molecule has 1 fully saturated rings. The van der Waals surface area contributed by atoms with Crippen molar-refractivity contribution in [2.45, 2.75) is 13.0 Å². The van der Waals surface area contributed by atoms with Crippen LogP contribution >= 0.6 is 0 Å². The zero-order valence-corrected chi connectivity index (χ0v) is 14.1. The number of benzene rings is 1. The number of hydrogen-bond donors (Lipinski definition) is 2. The van der Waals surface area contributed by atoms with Crippen LogP contribution in [0.25, 0.3) is 5.69 Å². The van der Waals surface area contributed by atoms with Gasteiger partial charge in [-0.25, -0.2) is 17.9 Å². The van der Waals surface area contributed by atoms with E-state index in [0.717, 1.165) is 5.56 Å². The van der Waals surface area contributed by atoms with Gasteiger partial charge in [0.15, 0.2) is 15.5 Å². The Morgan fingerprint density at radius 3 is 2.76 bits per heavy atom. The number of hydrogen-bond acceptors (Lipinski definition) is 5. The molecule has 0 bridgehead atoms. The summed E-state index contributed by atoms with van der Waals surface area (Å²) >= 11 is 0. The SMILES string of the molecule is O=C(O)c1ccn(-c2cccc(CNC(=O)C3CCS(=O)(=O)C3)c2)n1. The van der Waals surface area contributed by atoms with Gasteiger partial charge in [-0.15, -0.1) is 0 Å². The number of rotatable bonds is 5. The van der Waals surface area contributed by atoms with Gasteiger partial charge in [-0.05, 0) is 30.2 Å². The molecule has 3 rings (SSSR count). The molecule has 1 aliphatic rings. The summed E-state index contributed by atoms with van der Waals surface area (Å²) in [6.07, 6.45) is 1.91. The fourth-order valence-electron chi connectivity index (χ4n) is 2.73. The highest BCUT2D eigenvalue weighted by Gasteiger charge is 2.32. The van der Waals surface area contributed by atoms with Gasteiger partial charge in [0.05, 0.1) is 23.1 Å². The van der Waals surface area contributed by atoms with Gasteiger partial charge in [-0.2, -0.15) is 5.10 Å². The molecule has 9 heteroatoms. The highest BCUT2D eigenvalue weighted by Crippen LogP contribution is 2.18. The van der Waals surface area contributed by atoms with Crippen LogP contribution in [0, 0.1) is 5.92 Å². The van der Waals surface area contributed by atoms with Gasteiger partial charge in [-0.3, -0.25) is 4.79 Å². The Bertz CT molecular complexity index is 919. The van der Waals surface area contributed by atoms with Crippen LogP contribution in [0.2, 0.25) is 0 Å². The first-order valence-corrected chi connectivity index (χ1v) is 9.52. The monoisotopic (exact) mass is 363 g/mol. The predicted octanol–water partition coefficient (Wildman–Crippen LogP) is 0.621. The fourth-order valence-corrected chi connectivity index (χ4v) is 4.47. The predicted molar refractivity (Wildman–Crippen MR) is 89.1 cm³/mol. The van der Waals surface area contributed by atoms with E-state index in [4.69, 9.17) is 5.11 Å². The number of carbonyl (C=O) groups is 2. The standard InChI is InChI=1S/C16H17N3O5S/c20-15(12-5-7-25(23,24)10-12)17-9-11-2-1-3-13(8-11)19-6-4-14(18-19)16(21)22/h1-4,6,8,12H,5,7,9-10H2,(H,17,20)(H,21,22). The van der Waals surface area contributed by atoms with Crippen LogP contribution in [0.15, 0.2) is 36.5 Å². The van der Waals surface area contributed by atoms with Gasteiger partial charge in [0.1, 0.15) is 0 Å². The van der Waals surface area contributed by atoms with Gasteiger partial charge in [0.25, 0.3) is 0 Å². The lowest BCUT2D eigenvalue weighted by Gasteiger charge is -2.10. The molecule has 1 aromatic carbocycles. The van der Waals surface area contributed by atoms with E-state index in [-0.39, 0.29) is 29.7 Å². The molecule has 1 atom stereocenters. The topological polar surface area (TPSA) is 118 Å². The van der Waals surface area contributed by atoms with E-state index in [1.807, 2.05) is 6.07 Å². The molecule has 1 aromatic heterocycles. The van der Waals surface area contributed by atoms with Crippen molar-refractivity contribution in [3.05, 3.63) is 47.8 Å². The molecule has 1 amide bonds. The van der Waals surface area contributed by atoms with E-state index in [2.05, 4.69) is 10.4 Å². The molecule has 0 saturated carbocycles. The molecule has 132 valence electrons. The molecule has 8 nitrogen and oxygen atoms in total. The third-order valence-electron chi connectivity index (χ3n) is 4.05. The lowest BCUT2D eigenvalue weighted by molar-refractivity contribution is -0.124. The number of carboxylic acid groups (broad SMARTS) is 1. The van der Waals surface area contributed by atoms with Gasteiger partial charge < -0.3 is 10.4 Å². The zero-order valence-electron chi connectivity index (χ0n) is 13.3. The van der Waals surface area contributed by atoms with Crippen LogP contribution in [0.4, 0.5) is 0 Å². The van der Waals surface area contributed by atoms with Crippen LogP contribution in [0.3, 0.4) is 0 Å². The first kappa shape index (κ1) is 17.2. The number of carboxylic acids is 1. The first-order valence-electron chi connectivity index (χ1n) is 7.70. The quantitative estimate of drug-likeness (QED) is 0.804. The Morgan fingerprint density at radius 1 is 1.32 bits per heavy atom. The molecule has 1 saturated heterocycles. The third kappa shape index (κ3) is 4.05. The summed E-state index contributed by atoms with van der Waals surface area (Å²) in [5, 5.41) is 15.6. The summed E-state index contributed by atoms with van der Waals surface area (Å²) in [5.41, 5.74) is 1.42.